The number of rotatable bonds is 14. The SMILES string of the molecule is CC(=O)C(N=Nc1ccc(S(=O)(=O)[O-])cc1[N+](=O)[O-])C(=O)Nc1ccccc1Cl.CC(=O)C(N=Nc1ccc(S(=O)(=O)[O-])cc1[N+](=O)[O-])C(=O)Nc1ccccc1Cl.[Ca+2]. The van der Waals surface area contributed by atoms with Crippen molar-refractivity contribution >= 4 is 139 Å². The Bertz CT molecular complexity index is 2420. The number of ketones is 2. The van der Waals surface area contributed by atoms with E-state index in [1.165, 1.54) is 24.3 Å². The van der Waals surface area contributed by atoms with Crippen molar-refractivity contribution < 1.29 is 55.0 Å². The minimum Gasteiger partial charge on any atom is -0.744 e. The fourth-order valence-corrected chi connectivity index (χ4v) is 5.53. The molecule has 4 rings (SSSR count). The first kappa shape index (κ1) is 50.0. The average Bonchev–Trinajstić information content (AvgIpc) is 3.12. The van der Waals surface area contributed by atoms with Gasteiger partial charge in [0.25, 0.3) is 23.2 Å². The van der Waals surface area contributed by atoms with Gasteiger partial charge in [0.15, 0.2) is 22.9 Å². The molecule has 304 valence electrons. The summed E-state index contributed by atoms with van der Waals surface area (Å²) in [5, 5.41) is 41.6. The Morgan fingerprint density at radius 3 is 1.20 bits per heavy atom. The molecular formula is C32H24CaCl2N8O14S2. The molecule has 0 aliphatic heterocycles. The zero-order valence-electron chi connectivity index (χ0n) is 29.9. The largest absolute Gasteiger partial charge is 2.00 e. The van der Waals surface area contributed by atoms with Gasteiger partial charge in [0.05, 0.1) is 41.1 Å². The number of nitrogens with one attached hydrogen (secondary N) is 2. The molecule has 4 aromatic carbocycles. The van der Waals surface area contributed by atoms with E-state index in [2.05, 4.69) is 31.1 Å². The molecule has 0 aliphatic rings. The van der Waals surface area contributed by atoms with Gasteiger partial charge in [-0.05, 0) is 62.4 Å². The molecule has 2 unspecified atom stereocenters. The first-order valence-electron chi connectivity index (χ1n) is 15.4. The average molecular weight is 920 g/mol. The van der Waals surface area contributed by atoms with Crippen molar-refractivity contribution in [2.45, 2.75) is 35.7 Å². The van der Waals surface area contributed by atoms with Crippen molar-refractivity contribution in [3.8, 4) is 0 Å². The molecule has 0 fully saturated rings. The fourth-order valence-electron chi connectivity index (χ4n) is 4.18. The molecule has 2 atom stereocenters. The second-order valence-electron chi connectivity index (χ2n) is 11.1. The van der Waals surface area contributed by atoms with Gasteiger partial charge in [-0.2, -0.15) is 10.2 Å². The summed E-state index contributed by atoms with van der Waals surface area (Å²) < 4.78 is 66.1. The third-order valence-electron chi connectivity index (χ3n) is 6.96. The van der Waals surface area contributed by atoms with Gasteiger partial charge in [0.2, 0.25) is 12.1 Å². The zero-order chi connectivity index (χ0) is 43.5. The topological polar surface area (TPSA) is 342 Å². The van der Waals surface area contributed by atoms with Crippen LogP contribution in [0.5, 0.6) is 0 Å². The number of nitro groups is 2. The fraction of sp³-hybridized carbons (Fsp3) is 0.125. The Morgan fingerprint density at radius 1 is 0.610 bits per heavy atom. The van der Waals surface area contributed by atoms with Crippen LogP contribution in [0.25, 0.3) is 0 Å². The van der Waals surface area contributed by atoms with E-state index in [-0.39, 0.29) is 59.2 Å². The number of benzene rings is 4. The number of nitrogens with zero attached hydrogens (tertiary/aromatic N) is 6. The number of hydrogen-bond acceptors (Lipinski definition) is 18. The van der Waals surface area contributed by atoms with Gasteiger partial charge in [0.1, 0.15) is 20.2 Å². The maximum Gasteiger partial charge on any atom is 2.00 e. The van der Waals surface area contributed by atoms with Crippen molar-refractivity contribution in [3.63, 3.8) is 0 Å². The Labute approximate surface area is 372 Å². The molecule has 27 heteroatoms. The predicted octanol–water partition coefficient (Wildman–Crippen LogP) is 5.28. The zero-order valence-corrected chi connectivity index (χ0v) is 35.3. The van der Waals surface area contributed by atoms with Crippen molar-refractivity contribution in [1.29, 1.82) is 0 Å². The van der Waals surface area contributed by atoms with Gasteiger partial charge < -0.3 is 19.7 Å². The Morgan fingerprint density at radius 2 is 0.932 bits per heavy atom. The number of amides is 2. The molecule has 22 nitrogen and oxygen atoms in total. The molecule has 0 heterocycles. The van der Waals surface area contributed by atoms with E-state index in [1.54, 1.807) is 24.3 Å². The van der Waals surface area contributed by atoms with E-state index >= 15 is 0 Å². The maximum atomic E-state index is 12.3. The maximum absolute atomic E-state index is 12.3. The van der Waals surface area contributed by atoms with Crippen molar-refractivity contribution in [3.05, 3.63) is 115 Å². The number of halogens is 2. The summed E-state index contributed by atoms with van der Waals surface area (Å²) >= 11 is 11.9. The van der Waals surface area contributed by atoms with Crippen LogP contribution in [0.1, 0.15) is 13.8 Å². The molecular weight excluding hydrogens is 896 g/mol. The Balaban J connectivity index is 0.000000400. The van der Waals surface area contributed by atoms with E-state index in [0.717, 1.165) is 38.1 Å². The summed E-state index contributed by atoms with van der Waals surface area (Å²) in [6.45, 7) is 2.13. The van der Waals surface area contributed by atoms with Crippen molar-refractivity contribution in [1.82, 2.24) is 0 Å². The predicted molar refractivity (Wildman–Crippen MR) is 206 cm³/mol. The van der Waals surface area contributed by atoms with E-state index in [1.807, 2.05) is 0 Å². The van der Waals surface area contributed by atoms with Crippen LogP contribution >= 0.6 is 23.2 Å². The monoisotopic (exact) mass is 918 g/mol. The molecule has 0 radical (unpaired) electrons. The van der Waals surface area contributed by atoms with Gasteiger partial charge in [-0.15, -0.1) is 10.2 Å². The summed E-state index contributed by atoms with van der Waals surface area (Å²) in [7, 11) is -9.86. The van der Waals surface area contributed by atoms with Gasteiger partial charge in [-0.1, -0.05) is 47.5 Å². The van der Waals surface area contributed by atoms with Gasteiger partial charge in [-0.3, -0.25) is 39.4 Å². The molecule has 0 saturated carbocycles. The molecule has 4 aromatic rings. The summed E-state index contributed by atoms with van der Waals surface area (Å²) in [4.78, 5) is 66.9. The van der Waals surface area contributed by atoms with E-state index in [0.29, 0.717) is 12.1 Å². The molecule has 0 spiro atoms. The first-order chi connectivity index (χ1) is 27.0. The quantitative estimate of drug-likeness (QED) is 0.0406. The third-order valence-corrected chi connectivity index (χ3v) is 9.28. The minimum absolute atomic E-state index is 0. The Hall–Kier alpha value is -5.18. The van der Waals surface area contributed by atoms with Crippen molar-refractivity contribution in [2.75, 3.05) is 10.6 Å². The van der Waals surface area contributed by atoms with Crippen LogP contribution in [-0.2, 0) is 39.4 Å². The first-order valence-corrected chi connectivity index (χ1v) is 19.0. The number of Topliss-reactive ketones (excluding diaryl/α,β-unsaturated/α-hetero) is 2. The van der Waals surface area contributed by atoms with Gasteiger partial charge in [-0.25, -0.2) is 16.8 Å². The van der Waals surface area contributed by atoms with Crippen LogP contribution in [0.4, 0.5) is 34.1 Å². The van der Waals surface area contributed by atoms with Gasteiger partial charge >= 0.3 is 37.7 Å². The van der Waals surface area contributed by atoms with E-state index < -0.39 is 98.1 Å². The van der Waals surface area contributed by atoms with Crippen LogP contribution in [0.15, 0.2) is 115 Å². The third kappa shape index (κ3) is 14.6. The molecule has 2 N–H and O–H groups in total. The van der Waals surface area contributed by atoms with Crippen LogP contribution in [0.2, 0.25) is 10.0 Å². The van der Waals surface area contributed by atoms with Crippen LogP contribution in [0, 0.1) is 20.2 Å². The molecule has 2 amide bonds. The summed E-state index contributed by atoms with van der Waals surface area (Å²) in [6, 6.07) is 13.5. The number of carbonyl (C=O) groups excluding carboxylic acids is 4. The summed E-state index contributed by atoms with van der Waals surface area (Å²) in [5.74, 6) is -3.18. The van der Waals surface area contributed by atoms with E-state index in [9.17, 15) is 65.3 Å². The van der Waals surface area contributed by atoms with Gasteiger partial charge in [0, 0.05) is 12.1 Å². The number of nitro benzene ring substituents is 2. The normalized spacial score (nSPS) is 12.3. The molecule has 0 saturated heterocycles. The number of azo groups is 2. The van der Waals surface area contributed by atoms with Crippen LogP contribution in [-0.4, -0.2) is 109 Å². The number of para-hydroxylation sites is 2. The Kier molecular flexibility index (Phi) is 18.4. The minimum atomic E-state index is -4.93. The summed E-state index contributed by atoms with van der Waals surface area (Å²) in [5.41, 5.74) is -2.12. The summed E-state index contributed by atoms with van der Waals surface area (Å²) in [6.07, 6.45) is 0. The standard InChI is InChI=1S/2C16H13ClN4O7S.Ca/c2*1-9(22)15(16(23)18-12-5-3-2-4-11(12)17)20-19-13-7-6-10(29(26,27)28)8-14(13)21(24)25;/h2*2-8,15H,1H3,(H,18,23)(H,26,27,28);/q;;+2/p-2. The number of hydrogen-bond donors (Lipinski definition) is 2. The van der Waals surface area contributed by atoms with E-state index in [4.69, 9.17) is 23.2 Å². The molecule has 0 bridgehead atoms. The second-order valence-corrected chi connectivity index (χ2v) is 14.7. The molecule has 0 aliphatic carbocycles. The second kappa shape index (κ2) is 21.7. The number of carbonyl (C=O) groups is 4. The number of anilines is 2. The molecule has 0 aromatic heterocycles. The van der Waals surface area contributed by atoms with Crippen LogP contribution < -0.4 is 10.6 Å². The smallest absolute Gasteiger partial charge is 0.744 e. The molecule has 59 heavy (non-hydrogen) atoms. The van der Waals surface area contributed by atoms with Crippen molar-refractivity contribution in [2.24, 2.45) is 20.5 Å². The van der Waals surface area contributed by atoms with Crippen LogP contribution in [0.3, 0.4) is 0 Å².